The first-order valence-corrected chi connectivity index (χ1v) is 9.79. The van der Waals surface area contributed by atoms with Crippen molar-refractivity contribution in [2.45, 2.75) is 37.7 Å². The smallest absolute Gasteiger partial charge is 0.233 e. The molecule has 1 N–H and O–H groups in total. The number of carbonyl (C=O) groups excluding carboxylic acids is 1. The number of ether oxygens (including phenoxy) is 1. The van der Waals surface area contributed by atoms with Crippen molar-refractivity contribution in [3.05, 3.63) is 59.2 Å². The number of nitrogens with one attached hydrogen (secondary N) is 1. The Kier molecular flexibility index (Phi) is 6.30. The van der Waals surface area contributed by atoms with Crippen LogP contribution in [0.2, 0.25) is 0 Å². The molecule has 0 radical (unpaired) electrons. The number of hydrogen-bond acceptors (Lipinski definition) is 6. The van der Waals surface area contributed by atoms with Gasteiger partial charge in [0.2, 0.25) is 11.1 Å². The third-order valence-electron chi connectivity index (χ3n) is 4.31. The lowest BCUT2D eigenvalue weighted by atomic mass is 10.1. The van der Waals surface area contributed by atoms with Gasteiger partial charge in [0, 0.05) is 6.54 Å². The molecule has 0 aliphatic heterocycles. The molecular formula is C20H23N5O2S. The Bertz CT molecular complexity index is 955. The Morgan fingerprint density at radius 1 is 1.21 bits per heavy atom. The molecule has 1 amide bonds. The summed E-state index contributed by atoms with van der Waals surface area (Å²) in [7, 11) is 1.63. The first kappa shape index (κ1) is 19.9. The fourth-order valence-corrected chi connectivity index (χ4v) is 3.46. The lowest BCUT2D eigenvalue weighted by Crippen LogP contribution is -2.30. The molecule has 0 spiro atoms. The summed E-state index contributed by atoms with van der Waals surface area (Å²) < 4.78 is 6.82. The van der Waals surface area contributed by atoms with Crippen LogP contribution in [0.5, 0.6) is 5.75 Å². The Labute approximate surface area is 168 Å². The van der Waals surface area contributed by atoms with Gasteiger partial charge >= 0.3 is 0 Å². The molecule has 28 heavy (non-hydrogen) atoms. The molecule has 0 saturated heterocycles. The quantitative estimate of drug-likeness (QED) is 0.617. The molecule has 3 aromatic rings. The predicted octanol–water partition coefficient (Wildman–Crippen LogP) is 3.08. The van der Waals surface area contributed by atoms with Gasteiger partial charge in [-0.15, -0.1) is 5.10 Å². The van der Waals surface area contributed by atoms with Crippen LogP contribution in [-0.4, -0.2) is 38.5 Å². The third-order valence-corrected chi connectivity index (χ3v) is 5.34. The zero-order valence-corrected chi connectivity index (χ0v) is 17.2. The summed E-state index contributed by atoms with van der Waals surface area (Å²) in [5.41, 5.74) is 4.11. The van der Waals surface area contributed by atoms with Crippen LogP contribution >= 0.6 is 11.8 Å². The van der Waals surface area contributed by atoms with Crippen LogP contribution in [0.15, 0.2) is 47.6 Å². The molecule has 0 unspecified atom stereocenters. The predicted molar refractivity (Wildman–Crippen MR) is 109 cm³/mol. The van der Waals surface area contributed by atoms with E-state index in [1.54, 1.807) is 11.8 Å². The van der Waals surface area contributed by atoms with Gasteiger partial charge < -0.3 is 10.1 Å². The number of methoxy groups -OCH3 is 1. The number of aryl methyl sites for hydroxylation is 2. The van der Waals surface area contributed by atoms with Crippen LogP contribution in [-0.2, 0) is 11.3 Å². The Morgan fingerprint density at radius 3 is 2.68 bits per heavy atom. The highest BCUT2D eigenvalue weighted by atomic mass is 32.2. The van der Waals surface area contributed by atoms with E-state index in [1.807, 2.05) is 63.2 Å². The van der Waals surface area contributed by atoms with Gasteiger partial charge in [-0.05, 0) is 66.1 Å². The van der Waals surface area contributed by atoms with Gasteiger partial charge in [0.1, 0.15) is 5.75 Å². The lowest BCUT2D eigenvalue weighted by molar-refractivity contribution is -0.120. The number of hydrogen-bond donors (Lipinski definition) is 1. The standard InChI is InChI=1S/C20H23N5O2S/c1-13-5-6-14(2)18(11-13)25-20(22-23-24-25)28-15(3)19(26)21-12-16-7-9-17(27-4)10-8-16/h5-11,15H,12H2,1-4H3,(H,21,26)/t15-/m1/s1. The van der Waals surface area contributed by atoms with Crippen molar-refractivity contribution >= 4 is 17.7 Å². The normalized spacial score (nSPS) is 11.9. The van der Waals surface area contributed by atoms with Gasteiger partial charge in [-0.1, -0.05) is 36.0 Å². The number of rotatable bonds is 7. The van der Waals surface area contributed by atoms with Gasteiger partial charge in [0.25, 0.3) is 0 Å². The number of aromatic nitrogens is 4. The first-order chi connectivity index (χ1) is 13.5. The monoisotopic (exact) mass is 397 g/mol. The minimum atomic E-state index is -0.340. The van der Waals surface area contributed by atoms with Gasteiger partial charge in [-0.2, -0.15) is 4.68 Å². The van der Waals surface area contributed by atoms with Crippen LogP contribution in [0.4, 0.5) is 0 Å². The molecular weight excluding hydrogens is 374 g/mol. The summed E-state index contributed by atoms with van der Waals surface area (Å²) in [4.78, 5) is 12.5. The molecule has 1 atom stereocenters. The SMILES string of the molecule is COc1ccc(CNC(=O)[C@@H](C)Sc2nnnn2-c2cc(C)ccc2C)cc1. The van der Waals surface area contributed by atoms with Crippen LogP contribution in [0.25, 0.3) is 5.69 Å². The number of thioether (sulfide) groups is 1. The third kappa shape index (κ3) is 4.69. The molecule has 0 saturated carbocycles. The Morgan fingerprint density at radius 2 is 1.96 bits per heavy atom. The molecule has 0 fully saturated rings. The molecule has 0 aliphatic rings. The fraction of sp³-hybridized carbons (Fsp3) is 0.300. The second kappa shape index (κ2) is 8.88. The fourth-order valence-electron chi connectivity index (χ4n) is 2.64. The van der Waals surface area contributed by atoms with Crippen LogP contribution < -0.4 is 10.1 Å². The summed E-state index contributed by atoms with van der Waals surface area (Å²) >= 11 is 1.33. The Balaban J connectivity index is 1.64. The average molecular weight is 398 g/mol. The maximum absolute atomic E-state index is 12.5. The minimum absolute atomic E-state index is 0.0728. The Hall–Kier alpha value is -2.87. The van der Waals surface area contributed by atoms with Crippen molar-refractivity contribution in [2.75, 3.05) is 7.11 Å². The lowest BCUT2D eigenvalue weighted by Gasteiger charge is -2.13. The second-order valence-electron chi connectivity index (χ2n) is 6.49. The molecule has 146 valence electrons. The summed E-state index contributed by atoms with van der Waals surface area (Å²) in [6.45, 7) is 6.33. The van der Waals surface area contributed by atoms with E-state index in [4.69, 9.17) is 4.74 Å². The van der Waals surface area contributed by atoms with Gasteiger partial charge in [0.15, 0.2) is 0 Å². The molecule has 2 aromatic carbocycles. The number of nitrogens with zero attached hydrogens (tertiary/aromatic N) is 4. The molecule has 1 aromatic heterocycles. The van der Waals surface area contributed by atoms with Gasteiger partial charge in [-0.25, -0.2) is 0 Å². The zero-order chi connectivity index (χ0) is 20.1. The van der Waals surface area contributed by atoms with Crippen molar-refractivity contribution in [1.82, 2.24) is 25.5 Å². The van der Waals surface area contributed by atoms with Crippen LogP contribution in [0, 0.1) is 13.8 Å². The van der Waals surface area contributed by atoms with E-state index < -0.39 is 0 Å². The second-order valence-corrected chi connectivity index (χ2v) is 7.80. The zero-order valence-electron chi connectivity index (χ0n) is 16.3. The van der Waals surface area contributed by atoms with Gasteiger partial charge in [-0.3, -0.25) is 4.79 Å². The summed E-state index contributed by atoms with van der Waals surface area (Å²) in [5, 5.41) is 15.2. The largest absolute Gasteiger partial charge is 0.497 e. The van der Waals surface area contributed by atoms with Crippen molar-refractivity contribution in [3.8, 4) is 11.4 Å². The number of benzene rings is 2. The topological polar surface area (TPSA) is 81.9 Å². The van der Waals surface area contributed by atoms with E-state index in [2.05, 4.69) is 20.8 Å². The first-order valence-electron chi connectivity index (χ1n) is 8.91. The molecule has 0 aliphatic carbocycles. The van der Waals surface area contributed by atoms with Gasteiger partial charge in [0.05, 0.1) is 18.0 Å². The molecule has 7 nitrogen and oxygen atoms in total. The number of carbonyl (C=O) groups is 1. The number of tetrazole rings is 1. The van der Waals surface area contributed by atoms with Crippen LogP contribution in [0.3, 0.4) is 0 Å². The molecule has 1 heterocycles. The summed E-state index contributed by atoms with van der Waals surface area (Å²) in [5.74, 6) is 0.716. The summed E-state index contributed by atoms with van der Waals surface area (Å²) in [6, 6.07) is 13.7. The van der Waals surface area contributed by atoms with Crippen molar-refractivity contribution in [3.63, 3.8) is 0 Å². The highest BCUT2D eigenvalue weighted by Gasteiger charge is 2.19. The maximum atomic E-state index is 12.5. The van der Waals surface area contributed by atoms with E-state index >= 15 is 0 Å². The van der Waals surface area contributed by atoms with E-state index in [9.17, 15) is 4.79 Å². The highest BCUT2D eigenvalue weighted by molar-refractivity contribution is 8.00. The number of amides is 1. The molecule has 8 heteroatoms. The average Bonchev–Trinajstić information content (AvgIpc) is 3.16. The maximum Gasteiger partial charge on any atom is 0.233 e. The van der Waals surface area contributed by atoms with Crippen molar-refractivity contribution in [1.29, 1.82) is 0 Å². The van der Waals surface area contributed by atoms with Crippen molar-refractivity contribution in [2.24, 2.45) is 0 Å². The van der Waals surface area contributed by atoms with E-state index in [-0.39, 0.29) is 11.2 Å². The van der Waals surface area contributed by atoms with E-state index in [0.29, 0.717) is 11.7 Å². The highest BCUT2D eigenvalue weighted by Crippen LogP contribution is 2.25. The summed E-state index contributed by atoms with van der Waals surface area (Å²) in [6.07, 6.45) is 0. The van der Waals surface area contributed by atoms with Crippen molar-refractivity contribution < 1.29 is 9.53 Å². The van der Waals surface area contributed by atoms with E-state index in [1.165, 1.54) is 11.8 Å². The van der Waals surface area contributed by atoms with Crippen LogP contribution in [0.1, 0.15) is 23.6 Å². The minimum Gasteiger partial charge on any atom is -0.497 e. The van der Waals surface area contributed by atoms with E-state index in [0.717, 1.165) is 28.1 Å². The molecule has 3 rings (SSSR count). The molecule has 0 bridgehead atoms.